The van der Waals surface area contributed by atoms with Gasteiger partial charge in [-0.2, -0.15) is 0 Å². The van der Waals surface area contributed by atoms with Gasteiger partial charge in [-0.15, -0.1) is 0 Å². The van der Waals surface area contributed by atoms with E-state index in [0.29, 0.717) is 12.6 Å². The third kappa shape index (κ3) is 2.43. The molecule has 0 aliphatic heterocycles. The highest BCUT2D eigenvalue weighted by atomic mass is 15.2. The van der Waals surface area contributed by atoms with Gasteiger partial charge in [0.15, 0.2) is 0 Å². The highest BCUT2D eigenvalue weighted by Gasteiger charge is 2.26. The summed E-state index contributed by atoms with van der Waals surface area (Å²) in [5.41, 5.74) is 7.36. The van der Waals surface area contributed by atoms with Gasteiger partial charge < -0.3 is 5.73 Å². The Morgan fingerprint density at radius 1 is 1.25 bits per heavy atom. The van der Waals surface area contributed by atoms with Crippen LogP contribution in [0.4, 0.5) is 0 Å². The molecule has 1 fully saturated rings. The number of pyridine rings is 1. The number of hydrogen-bond acceptors (Lipinski definition) is 3. The summed E-state index contributed by atoms with van der Waals surface area (Å²) in [7, 11) is 2.22. The van der Waals surface area contributed by atoms with Gasteiger partial charge in [0.05, 0.1) is 0 Å². The summed E-state index contributed by atoms with van der Waals surface area (Å²) < 4.78 is 0. The Kier molecular flexibility index (Phi) is 3.99. The maximum absolute atomic E-state index is 6.09. The minimum atomic E-state index is 0.261. The fraction of sp³-hybridized carbons (Fsp3) is 0.471. The Hall–Kier alpha value is -1.45. The maximum atomic E-state index is 6.09. The Labute approximate surface area is 120 Å². The minimum Gasteiger partial charge on any atom is -0.329 e. The van der Waals surface area contributed by atoms with Crippen molar-refractivity contribution in [1.82, 2.24) is 9.88 Å². The number of hydrogen-bond donors (Lipinski definition) is 1. The normalized spacial score (nSPS) is 17.9. The van der Waals surface area contributed by atoms with E-state index in [1.165, 1.54) is 42.0 Å². The van der Waals surface area contributed by atoms with Gasteiger partial charge in [-0.3, -0.25) is 9.88 Å². The number of fused-ring (bicyclic) bond motifs is 1. The van der Waals surface area contributed by atoms with E-state index >= 15 is 0 Å². The standard InChI is InChI=1S/C17H23N3/c1-20(14-7-3-4-8-14)17(10-18)16-12-19-11-13-6-2-5-9-15(13)16/h2,5-6,9,11-12,14,17H,3-4,7-8,10,18H2,1H3. The lowest BCUT2D eigenvalue weighted by Gasteiger charge is -2.33. The molecule has 20 heavy (non-hydrogen) atoms. The molecule has 0 amide bonds. The summed E-state index contributed by atoms with van der Waals surface area (Å²) in [4.78, 5) is 6.88. The number of rotatable bonds is 4. The first-order chi connectivity index (χ1) is 9.81. The van der Waals surface area contributed by atoms with Crippen LogP contribution in [0.25, 0.3) is 10.8 Å². The van der Waals surface area contributed by atoms with Gasteiger partial charge in [-0.05, 0) is 30.8 Å². The van der Waals surface area contributed by atoms with Crippen LogP contribution in [0.15, 0.2) is 36.7 Å². The maximum Gasteiger partial charge on any atom is 0.0491 e. The molecule has 0 saturated heterocycles. The van der Waals surface area contributed by atoms with E-state index in [0.717, 1.165) is 0 Å². The Bertz CT molecular complexity index is 570. The summed E-state index contributed by atoms with van der Waals surface area (Å²) in [6.07, 6.45) is 9.21. The summed E-state index contributed by atoms with van der Waals surface area (Å²) in [6.45, 7) is 0.642. The predicted octanol–water partition coefficient (Wildman–Crippen LogP) is 3.11. The summed E-state index contributed by atoms with van der Waals surface area (Å²) in [5, 5.41) is 2.48. The lowest BCUT2D eigenvalue weighted by atomic mass is 9.99. The van der Waals surface area contributed by atoms with E-state index in [9.17, 15) is 0 Å². The summed E-state index contributed by atoms with van der Waals surface area (Å²) >= 11 is 0. The predicted molar refractivity (Wildman–Crippen MR) is 83.6 cm³/mol. The molecule has 1 unspecified atom stereocenters. The number of nitrogens with zero attached hydrogens (tertiary/aromatic N) is 2. The van der Waals surface area contributed by atoms with Gasteiger partial charge in [-0.1, -0.05) is 37.1 Å². The third-order valence-electron chi connectivity index (χ3n) is 4.67. The highest BCUT2D eigenvalue weighted by molar-refractivity contribution is 5.85. The molecule has 1 aliphatic rings. The van der Waals surface area contributed by atoms with Crippen LogP contribution in [0.2, 0.25) is 0 Å². The van der Waals surface area contributed by atoms with Crippen molar-refractivity contribution in [1.29, 1.82) is 0 Å². The molecule has 106 valence electrons. The number of benzene rings is 1. The summed E-state index contributed by atoms with van der Waals surface area (Å²) in [5.74, 6) is 0. The van der Waals surface area contributed by atoms with E-state index in [1.807, 2.05) is 12.4 Å². The van der Waals surface area contributed by atoms with Crippen LogP contribution in [0.5, 0.6) is 0 Å². The minimum absolute atomic E-state index is 0.261. The molecule has 3 rings (SSSR count). The van der Waals surface area contributed by atoms with Gasteiger partial charge in [-0.25, -0.2) is 0 Å². The average Bonchev–Trinajstić information content (AvgIpc) is 3.02. The zero-order chi connectivity index (χ0) is 13.9. The molecule has 0 radical (unpaired) electrons. The molecule has 1 aliphatic carbocycles. The molecule has 2 N–H and O–H groups in total. The smallest absolute Gasteiger partial charge is 0.0491 e. The molecule has 1 saturated carbocycles. The van der Waals surface area contributed by atoms with E-state index in [4.69, 9.17) is 5.73 Å². The van der Waals surface area contributed by atoms with Crippen LogP contribution in [0.1, 0.15) is 37.3 Å². The molecule has 1 aromatic carbocycles. The fourth-order valence-electron chi connectivity index (χ4n) is 3.48. The van der Waals surface area contributed by atoms with E-state index < -0.39 is 0 Å². The van der Waals surface area contributed by atoms with Crippen molar-refractivity contribution in [2.75, 3.05) is 13.6 Å². The van der Waals surface area contributed by atoms with Gasteiger partial charge >= 0.3 is 0 Å². The van der Waals surface area contributed by atoms with Crippen molar-refractivity contribution in [3.63, 3.8) is 0 Å². The molecule has 0 spiro atoms. The van der Waals surface area contributed by atoms with Crippen molar-refractivity contribution >= 4 is 10.8 Å². The van der Waals surface area contributed by atoms with Crippen molar-refractivity contribution in [2.24, 2.45) is 5.73 Å². The van der Waals surface area contributed by atoms with Gasteiger partial charge in [0.25, 0.3) is 0 Å². The van der Waals surface area contributed by atoms with Crippen LogP contribution in [-0.2, 0) is 0 Å². The van der Waals surface area contributed by atoms with Crippen molar-refractivity contribution in [2.45, 2.75) is 37.8 Å². The zero-order valence-electron chi connectivity index (χ0n) is 12.1. The Morgan fingerprint density at radius 3 is 2.75 bits per heavy atom. The first-order valence-corrected chi connectivity index (χ1v) is 7.56. The van der Waals surface area contributed by atoms with Crippen molar-refractivity contribution in [3.05, 3.63) is 42.2 Å². The summed E-state index contributed by atoms with van der Waals surface area (Å²) in [6, 6.07) is 9.38. The molecule has 3 nitrogen and oxygen atoms in total. The number of aromatic nitrogens is 1. The fourth-order valence-corrected chi connectivity index (χ4v) is 3.48. The second-order valence-electron chi connectivity index (χ2n) is 5.81. The number of nitrogens with two attached hydrogens (primary N) is 1. The first-order valence-electron chi connectivity index (χ1n) is 7.56. The first kappa shape index (κ1) is 13.5. The molecule has 1 aromatic heterocycles. The van der Waals surface area contributed by atoms with Crippen LogP contribution in [0.3, 0.4) is 0 Å². The van der Waals surface area contributed by atoms with Crippen molar-refractivity contribution in [3.8, 4) is 0 Å². The quantitative estimate of drug-likeness (QED) is 0.927. The second-order valence-corrected chi connectivity index (χ2v) is 5.81. The molecular formula is C17H23N3. The third-order valence-corrected chi connectivity index (χ3v) is 4.67. The molecule has 0 bridgehead atoms. The lowest BCUT2D eigenvalue weighted by molar-refractivity contribution is 0.180. The van der Waals surface area contributed by atoms with E-state index in [1.54, 1.807) is 0 Å². The molecular weight excluding hydrogens is 246 g/mol. The molecule has 1 heterocycles. The van der Waals surface area contributed by atoms with Gasteiger partial charge in [0, 0.05) is 36.4 Å². The van der Waals surface area contributed by atoms with Crippen LogP contribution in [0, 0.1) is 0 Å². The monoisotopic (exact) mass is 269 g/mol. The van der Waals surface area contributed by atoms with Crippen LogP contribution in [-0.4, -0.2) is 29.5 Å². The van der Waals surface area contributed by atoms with E-state index in [2.05, 4.69) is 41.2 Å². The lowest BCUT2D eigenvalue weighted by Crippen LogP contribution is -2.37. The topological polar surface area (TPSA) is 42.1 Å². The Morgan fingerprint density at radius 2 is 2.00 bits per heavy atom. The van der Waals surface area contributed by atoms with E-state index in [-0.39, 0.29) is 6.04 Å². The SMILES string of the molecule is CN(C1CCCC1)C(CN)c1cncc2ccccc12. The molecule has 2 aromatic rings. The van der Waals surface area contributed by atoms with Gasteiger partial charge in [0.1, 0.15) is 0 Å². The number of likely N-dealkylation sites (N-methyl/N-ethyl adjacent to an activating group) is 1. The zero-order valence-corrected chi connectivity index (χ0v) is 12.1. The molecule has 3 heteroatoms. The van der Waals surface area contributed by atoms with Crippen LogP contribution >= 0.6 is 0 Å². The molecule has 1 atom stereocenters. The highest BCUT2D eigenvalue weighted by Crippen LogP contribution is 2.31. The Balaban J connectivity index is 1.98. The van der Waals surface area contributed by atoms with Crippen LogP contribution < -0.4 is 5.73 Å². The van der Waals surface area contributed by atoms with Gasteiger partial charge in [0.2, 0.25) is 0 Å². The van der Waals surface area contributed by atoms with Crippen molar-refractivity contribution < 1.29 is 0 Å². The second kappa shape index (κ2) is 5.90. The average molecular weight is 269 g/mol. The largest absolute Gasteiger partial charge is 0.329 e.